The molecule has 2 N–H and O–H groups in total. The molecule has 0 aromatic heterocycles. The summed E-state index contributed by atoms with van der Waals surface area (Å²) in [5.74, 6) is 0.932. The van der Waals surface area contributed by atoms with Gasteiger partial charge in [0.25, 0.3) is 0 Å². The molecule has 0 bridgehead atoms. The summed E-state index contributed by atoms with van der Waals surface area (Å²) in [6.07, 6.45) is 0.892. The minimum absolute atomic E-state index is 0.0441. The Morgan fingerprint density at radius 3 is 2.45 bits per heavy atom. The quantitative estimate of drug-likeness (QED) is 0.843. The number of hydrogen-bond donors (Lipinski definition) is 1. The van der Waals surface area contributed by atoms with Crippen molar-refractivity contribution >= 4 is 0 Å². The second-order valence-electron chi connectivity index (χ2n) is 5.80. The van der Waals surface area contributed by atoms with Gasteiger partial charge in [0.05, 0.1) is 0 Å². The molecule has 20 heavy (non-hydrogen) atoms. The van der Waals surface area contributed by atoms with Gasteiger partial charge in [0, 0.05) is 18.0 Å². The molecule has 2 unspecified atom stereocenters. The molecule has 1 aliphatic rings. The third-order valence-electron chi connectivity index (χ3n) is 4.17. The van der Waals surface area contributed by atoms with Crippen LogP contribution in [0.2, 0.25) is 0 Å². The Bertz CT molecular complexity index is 628. The Labute approximate surface area is 120 Å². The zero-order valence-corrected chi connectivity index (χ0v) is 12.3. The van der Waals surface area contributed by atoms with E-state index in [1.54, 1.807) is 0 Å². The van der Waals surface area contributed by atoms with Crippen molar-refractivity contribution in [2.45, 2.75) is 39.3 Å². The number of nitrogens with two attached hydrogens (primary N) is 1. The highest BCUT2D eigenvalue weighted by Crippen LogP contribution is 2.41. The first kappa shape index (κ1) is 13.2. The third kappa shape index (κ3) is 2.20. The first-order chi connectivity index (χ1) is 9.56. The lowest BCUT2D eigenvalue weighted by molar-refractivity contribution is 0.160. The largest absolute Gasteiger partial charge is 0.485 e. The lowest BCUT2D eigenvalue weighted by Gasteiger charge is -2.32. The van der Waals surface area contributed by atoms with Gasteiger partial charge in [-0.3, -0.25) is 0 Å². The summed E-state index contributed by atoms with van der Waals surface area (Å²) in [5.41, 5.74) is 12.6. The van der Waals surface area contributed by atoms with Crippen LogP contribution in [-0.2, 0) is 0 Å². The summed E-state index contributed by atoms with van der Waals surface area (Å²) in [5, 5.41) is 0. The van der Waals surface area contributed by atoms with E-state index < -0.39 is 0 Å². The highest BCUT2D eigenvalue weighted by atomic mass is 16.5. The number of hydrogen-bond acceptors (Lipinski definition) is 2. The van der Waals surface area contributed by atoms with Crippen molar-refractivity contribution in [3.63, 3.8) is 0 Å². The summed E-state index contributed by atoms with van der Waals surface area (Å²) in [6.45, 7) is 6.37. The average molecular weight is 267 g/mol. The van der Waals surface area contributed by atoms with Crippen molar-refractivity contribution in [2.75, 3.05) is 0 Å². The van der Waals surface area contributed by atoms with Gasteiger partial charge >= 0.3 is 0 Å². The molecule has 2 heteroatoms. The molecule has 0 radical (unpaired) electrons. The zero-order valence-electron chi connectivity index (χ0n) is 12.3. The first-order valence-corrected chi connectivity index (χ1v) is 7.15. The fourth-order valence-electron chi connectivity index (χ4n) is 3.14. The minimum Gasteiger partial charge on any atom is -0.485 e. The molecule has 0 spiro atoms. The van der Waals surface area contributed by atoms with Gasteiger partial charge in [-0.15, -0.1) is 0 Å². The molecule has 2 nitrogen and oxygen atoms in total. The molecule has 1 aliphatic heterocycles. The zero-order chi connectivity index (χ0) is 14.3. The molecule has 1 heterocycles. The van der Waals surface area contributed by atoms with Crippen LogP contribution in [0.4, 0.5) is 0 Å². The van der Waals surface area contributed by atoms with E-state index in [9.17, 15) is 0 Å². The molecule has 2 aromatic carbocycles. The molecular weight excluding hydrogens is 246 g/mol. The van der Waals surface area contributed by atoms with E-state index in [2.05, 4.69) is 51.1 Å². The molecule has 0 saturated heterocycles. The monoisotopic (exact) mass is 267 g/mol. The number of aryl methyl sites for hydroxylation is 3. The summed E-state index contributed by atoms with van der Waals surface area (Å²) in [7, 11) is 0. The van der Waals surface area contributed by atoms with E-state index >= 15 is 0 Å². The van der Waals surface area contributed by atoms with Crippen molar-refractivity contribution in [1.82, 2.24) is 0 Å². The van der Waals surface area contributed by atoms with Gasteiger partial charge < -0.3 is 10.5 Å². The van der Waals surface area contributed by atoms with Gasteiger partial charge in [-0.1, -0.05) is 35.9 Å². The molecule has 0 saturated carbocycles. The van der Waals surface area contributed by atoms with Crippen LogP contribution in [0.5, 0.6) is 5.75 Å². The van der Waals surface area contributed by atoms with Gasteiger partial charge in [0.2, 0.25) is 0 Å². The van der Waals surface area contributed by atoms with Crippen molar-refractivity contribution in [2.24, 2.45) is 5.73 Å². The van der Waals surface area contributed by atoms with Crippen LogP contribution < -0.4 is 10.5 Å². The average Bonchev–Trinajstić information content (AvgIpc) is 2.39. The van der Waals surface area contributed by atoms with Gasteiger partial charge in [-0.25, -0.2) is 0 Å². The molecule has 104 valence electrons. The van der Waals surface area contributed by atoms with Crippen LogP contribution in [-0.4, -0.2) is 0 Å². The summed E-state index contributed by atoms with van der Waals surface area (Å²) < 4.78 is 6.23. The van der Waals surface area contributed by atoms with Crippen molar-refractivity contribution in [1.29, 1.82) is 0 Å². The van der Waals surface area contributed by atoms with Crippen LogP contribution in [0.15, 0.2) is 36.4 Å². The minimum atomic E-state index is 0.0441. The van der Waals surface area contributed by atoms with Crippen molar-refractivity contribution < 1.29 is 4.74 Å². The summed E-state index contributed by atoms with van der Waals surface area (Å²) in [6, 6.07) is 12.7. The molecule has 0 fully saturated rings. The fourth-order valence-corrected chi connectivity index (χ4v) is 3.14. The highest BCUT2D eigenvalue weighted by molar-refractivity contribution is 5.43. The van der Waals surface area contributed by atoms with Crippen molar-refractivity contribution in [3.05, 3.63) is 64.2 Å². The maximum absolute atomic E-state index is 6.36. The number of ether oxygens (including phenoxy) is 1. The predicted molar refractivity (Wildman–Crippen MR) is 82.0 cm³/mol. The van der Waals surface area contributed by atoms with E-state index in [-0.39, 0.29) is 12.1 Å². The topological polar surface area (TPSA) is 35.2 Å². The summed E-state index contributed by atoms with van der Waals surface area (Å²) >= 11 is 0. The maximum atomic E-state index is 6.36. The second kappa shape index (κ2) is 4.95. The van der Waals surface area contributed by atoms with Gasteiger partial charge in [0.1, 0.15) is 11.9 Å². The number of fused-ring (bicyclic) bond motifs is 1. The van der Waals surface area contributed by atoms with Gasteiger partial charge in [0.15, 0.2) is 0 Å². The Kier molecular flexibility index (Phi) is 3.27. The van der Waals surface area contributed by atoms with Crippen LogP contribution in [0, 0.1) is 20.8 Å². The van der Waals surface area contributed by atoms with Gasteiger partial charge in [-0.05, 0) is 43.5 Å². The molecule has 2 atom stereocenters. The van der Waals surface area contributed by atoms with E-state index in [1.807, 2.05) is 6.07 Å². The smallest absolute Gasteiger partial charge is 0.126 e. The molecule has 0 aliphatic carbocycles. The van der Waals surface area contributed by atoms with Crippen LogP contribution in [0.1, 0.15) is 46.4 Å². The Balaban J connectivity index is 2.01. The Morgan fingerprint density at radius 1 is 1.05 bits per heavy atom. The molecule has 3 rings (SSSR count). The van der Waals surface area contributed by atoms with Gasteiger partial charge in [-0.2, -0.15) is 0 Å². The first-order valence-electron chi connectivity index (χ1n) is 7.15. The number of rotatable bonds is 1. The van der Waals surface area contributed by atoms with Crippen LogP contribution >= 0.6 is 0 Å². The summed E-state index contributed by atoms with van der Waals surface area (Å²) in [4.78, 5) is 0. The predicted octanol–water partition coefficient (Wildman–Crippen LogP) is 4.14. The molecule has 0 amide bonds. The molecular formula is C18H21NO. The third-order valence-corrected chi connectivity index (χ3v) is 4.17. The van der Waals surface area contributed by atoms with E-state index in [4.69, 9.17) is 10.5 Å². The lowest BCUT2D eigenvalue weighted by Crippen LogP contribution is -2.25. The molecule has 2 aromatic rings. The Hall–Kier alpha value is -1.80. The highest BCUT2D eigenvalue weighted by Gasteiger charge is 2.28. The Morgan fingerprint density at radius 2 is 1.75 bits per heavy atom. The normalized spacial score (nSPS) is 21.2. The van der Waals surface area contributed by atoms with Crippen LogP contribution in [0.3, 0.4) is 0 Å². The second-order valence-corrected chi connectivity index (χ2v) is 5.80. The standard InChI is InChI=1S/C18H21NO/c1-11-7-8-16-14(9-11)15(19)10-17(20-16)18-12(2)5-4-6-13(18)3/h4-9,15,17H,10,19H2,1-3H3. The van der Waals surface area contributed by atoms with E-state index in [0.29, 0.717) is 0 Å². The van der Waals surface area contributed by atoms with E-state index in [0.717, 1.165) is 17.7 Å². The maximum Gasteiger partial charge on any atom is 0.126 e. The van der Waals surface area contributed by atoms with Crippen LogP contribution in [0.25, 0.3) is 0 Å². The fraction of sp³-hybridized carbons (Fsp3) is 0.333. The lowest BCUT2D eigenvalue weighted by atomic mass is 9.89. The van der Waals surface area contributed by atoms with Crippen molar-refractivity contribution in [3.8, 4) is 5.75 Å². The van der Waals surface area contributed by atoms with E-state index in [1.165, 1.54) is 22.3 Å². The SMILES string of the molecule is Cc1ccc2c(c1)C(N)CC(c1c(C)cccc1C)O2. The number of benzene rings is 2.